The molecule has 0 spiro atoms. The Labute approximate surface area is 144 Å². The van der Waals surface area contributed by atoms with Crippen molar-refractivity contribution < 1.29 is 5.11 Å². The normalized spacial score (nSPS) is 16.4. The molecule has 3 heterocycles. The van der Waals surface area contributed by atoms with Gasteiger partial charge in [-0.3, -0.25) is 0 Å². The molecule has 1 aliphatic rings. The standard InChI is InChI=1S/C18H18N4OS/c23-10-4-9-17-20-18-19-14(13-6-2-1-3-7-13)12-15(22(18)21-17)16-8-5-11-24-16/h1-3,5-8,11-12,15,23H,4,9-10H2,(H,19,20,21)/t15-/m0/s1. The number of nitrogens with zero attached hydrogens (tertiary/aromatic N) is 3. The molecule has 6 heteroatoms. The van der Waals surface area contributed by atoms with E-state index in [2.05, 4.69) is 51.1 Å². The summed E-state index contributed by atoms with van der Waals surface area (Å²) in [4.78, 5) is 5.84. The van der Waals surface area contributed by atoms with E-state index in [4.69, 9.17) is 5.11 Å². The zero-order valence-corrected chi connectivity index (χ0v) is 13.9. The van der Waals surface area contributed by atoms with Crippen LogP contribution in [0.25, 0.3) is 5.70 Å². The Hall–Kier alpha value is -2.44. The molecule has 3 aromatic rings. The number of aliphatic hydroxyl groups is 1. The predicted octanol–water partition coefficient (Wildman–Crippen LogP) is 3.32. The molecule has 1 atom stereocenters. The van der Waals surface area contributed by atoms with Crippen molar-refractivity contribution in [1.82, 2.24) is 14.8 Å². The first-order chi connectivity index (χ1) is 11.8. The summed E-state index contributed by atoms with van der Waals surface area (Å²) in [5.74, 6) is 1.51. The van der Waals surface area contributed by atoms with Gasteiger partial charge >= 0.3 is 0 Å². The van der Waals surface area contributed by atoms with E-state index < -0.39 is 0 Å². The fourth-order valence-electron chi connectivity index (χ4n) is 2.83. The molecule has 0 saturated carbocycles. The topological polar surface area (TPSA) is 63.0 Å². The first-order valence-electron chi connectivity index (χ1n) is 7.99. The lowest BCUT2D eigenvalue weighted by Crippen LogP contribution is -2.19. The molecule has 122 valence electrons. The highest BCUT2D eigenvalue weighted by molar-refractivity contribution is 7.10. The molecule has 0 amide bonds. The Morgan fingerprint density at radius 1 is 1.17 bits per heavy atom. The van der Waals surface area contributed by atoms with E-state index >= 15 is 0 Å². The number of hydrogen-bond acceptors (Lipinski definition) is 5. The lowest BCUT2D eigenvalue weighted by molar-refractivity contribution is 0.287. The molecule has 0 aliphatic carbocycles. The molecule has 0 radical (unpaired) electrons. The molecule has 24 heavy (non-hydrogen) atoms. The van der Waals surface area contributed by atoms with Crippen molar-refractivity contribution >= 4 is 23.0 Å². The highest BCUT2D eigenvalue weighted by Crippen LogP contribution is 2.34. The second kappa shape index (κ2) is 6.59. The predicted molar refractivity (Wildman–Crippen MR) is 95.9 cm³/mol. The molecule has 1 aromatic carbocycles. The Morgan fingerprint density at radius 2 is 2.04 bits per heavy atom. The van der Waals surface area contributed by atoms with Gasteiger partial charge in [0.2, 0.25) is 5.95 Å². The number of hydrogen-bond donors (Lipinski definition) is 2. The average Bonchev–Trinajstić information content (AvgIpc) is 3.29. The first kappa shape index (κ1) is 15.1. The van der Waals surface area contributed by atoms with Crippen molar-refractivity contribution in [3.8, 4) is 0 Å². The molecule has 5 nitrogen and oxygen atoms in total. The van der Waals surface area contributed by atoms with Gasteiger partial charge in [-0.15, -0.1) is 11.3 Å². The van der Waals surface area contributed by atoms with Crippen molar-refractivity contribution in [2.24, 2.45) is 0 Å². The second-order valence-corrected chi connectivity index (χ2v) is 6.63. The Morgan fingerprint density at radius 3 is 2.79 bits per heavy atom. The van der Waals surface area contributed by atoms with Crippen LogP contribution in [0.4, 0.5) is 5.95 Å². The number of aromatic nitrogens is 3. The van der Waals surface area contributed by atoms with Crippen LogP contribution >= 0.6 is 11.3 Å². The molecule has 4 rings (SSSR count). The number of anilines is 1. The zero-order chi connectivity index (χ0) is 16.4. The molecule has 0 bridgehead atoms. The Bertz CT molecular complexity index is 839. The smallest absolute Gasteiger partial charge is 0.226 e. The van der Waals surface area contributed by atoms with Crippen LogP contribution in [0.5, 0.6) is 0 Å². The van der Waals surface area contributed by atoms with Crippen molar-refractivity contribution in [2.75, 3.05) is 11.9 Å². The summed E-state index contributed by atoms with van der Waals surface area (Å²) in [6.07, 6.45) is 3.54. The van der Waals surface area contributed by atoms with Gasteiger partial charge in [-0.2, -0.15) is 10.1 Å². The number of aryl methyl sites for hydroxylation is 1. The van der Waals surface area contributed by atoms with Crippen LogP contribution in [0.3, 0.4) is 0 Å². The first-order valence-corrected chi connectivity index (χ1v) is 8.87. The van der Waals surface area contributed by atoms with Gasteiger partial charge in [0.15, 0.2) is 5.82 Å². The minimum Gasteiger partial charge on any atom is -0.396 e. The van der Waals surface area contributed by atoms with Crippen LogP contribution in [0.15, 0.2) is 53.9 Å². The lowest BCUT2D eigenvalue weighted by Gasteiger charge is -2.23. The van der Waals surface area contributed by atoms with E-state index in [0.717, 1.165) is 23.0 Å². The van der Waals surface area contributed by atoms with Gasteiger partial charge < -0.3 is 10.4 Å². The van der Waals surface area contributed by atoms with Crippen molar-refractivity contribution in [3.63, 3.8) is 0 Å². The number of benzene rings is 1. The number of rotatable bonds is 5. The molecular weight excluding hydrogens is 320 g/mol. The van der Waals surface area contributed by atoms with Crippen LogP contribution in [0.1, 0.15) is 28.7 Å². The van der Waals surface area contributed by atoms with Gasteiger partial charge in [-0.25, -0.2) is 4.68 Å². The van der Waals surface area contributed by atoms with Crippen molar-refractivity contribution in [2.45, 2.75) is 18.9 Å². The molecule has 1 aliphatic heterocycles. The number of fused-ring (bicyclic) bond motifs is 1. The van der Waals surface area contributed by atoms with Crippen molar-refractivity contribution in [1.29, 1.82) is 0 Å². The van der Waals surface area contributed by atoms with Gasteiger partial charge in [0.05, 0.1) is 0 Å². The van der Waals surface area contributed by atoms with Crippen LogP contribution in [-0.4, -0.2) is 26.5 Å². The third-order valence-electron chi connectivity index (χ3n) is 3.99. The van der Waals surface area contributed by atoms with Gasteiger partial charge in [-0.05, 0) is 29.5 Å². The number of allylic oxidation sites excluding steroid dienone is 1. The van der Waals surface area contributed by atoms with Crippen molar-refractivity contribution in [3.05, 3.63) is 70.2 Å². The largest absolute Gasteiger partial charge is 0.396 e. The summed E-state index contributed by atoms with van der Waals surface area (Å²) in [5.41, 5.74) is 2.17. The monoisotopic (exact) mass is 338 g/mol. The Balaban J connectivity index is 1.74. The van der Waals surface area contributed by atoms with Gasteiger partial charge in [0.1, 0.15) is 6.04 Å². The highest BCUT2D eigenvalue weighted by Gasteiger charge is 2.25. The van der Waals surface area contributed by atoms with Gasteiger partial charge in [0.25, 0.3) is 0 Å². The SMILES string of the molecule is OCCCc1nc2n(n1)[C@H](c1cccs1)C=C(c1ccccc1)N2. The second-order valence-electron chi connectivity index (χ2n) is 5.65. The van der Waals surface area contributed by atoms with Gasteiger partial charge in [-0.1, -0.05) is 36.4 Å². The Kier molecular flexibility index (Phi) is 4.15. The third kappa shape index (κ3) is 2.86. The molecule has 0 saturated heterocycles. The quantitative estimate of drug-likeness (QED) is 0.749. The van der Waals surface area contributed by atoms with E-state index in [-0.39, 0.29) is 12.6 Å². The summed E-state index contributed by atoms with van der Waals surface area (Å²) in [6.45, 7) is 0.152. The maximum Gasteiger partial charge on any atom is 0.226 e. The summed E-state index contributed by atoms with van der Waals surface area (Å²) in [5, 5.41) is 19.2. The zero-order valence-electron chi connectivity index (χ0n) is 13.1. The average molecular weight is 338 g/mol. The number of thiophene rings is 1. The van der Waals surface area contributed by atoms with E-state index in [0.29, 0.717) is 12.8 Å². The van der Waals surface area contributed by atoms with E-state index in [1.807, 2.05) is 22.9 Å². The van der Waals surface area contributed by atoms with E-state index in [1.165, 1.54) is 4.88 Å². The van der Waals surface area contributed by atoms with E-state index in [9.17, 15) is 0 Å². The molecule has 2 aromatic heterocycles. The van der Waals surface area contributed by atoms with Crippen LogP contribution in [0.2, 0.25) is 0 Å². The maximum absolute atomic E-state index is 9.04. The summed E-state index contributed by atoms with van der Waals surface area (Å²) in [6, 6.07) is 14.5. The maximum atomic E-state index is 9.04. The van der Waals surface area contributed by atoms with Crippen LogP contribution in [-0.2, 0) is 6.42 Å². The molecular formula is C18H18N4OS. The third-order valence-corrected chi connectivity index (χ3v) is 4.93. The summed E-state index contributed by atoms with van der Waals surface area (Å²) >= 11 is 1.72. The fraction of sp³-hybridized carbons (Fsp3) is 0.222. The fourth-order valence-corrected chi connectivity index (χ4v) is 3.61. The minimum absolute atomic E-state index is 0.0341. The van der Waals surface area contributed by atoms with E-state index in [1.54, 1.807) is 11.3 Å². The highest BCUT2D eigenvalue weighted by atomic mass is 32.1. The summed E-state index contributed by atoms with van der Waals surface area (Å²) in [7, 11) is 0. The minimum atomic E-state index is 0.0341. The lowest BCUT2D eigenvalue weighted by atomic mass is 10.1. The van der Waals surface area contributed by atoms with Crippen LogP contribution < -0.4 is 5.32 Å². The summed E-state index contributed by atoms with van der Waals surface area (Å²) < 4.78 is 1.94. The molecule has 0 unspecified atom stereocenters. The molecule has 2 N–H and O–H groups in total. The molecule has 0 fully saturated rings. The van der Waals surface area contributed by atoms with Gasteiger partial charge in [0, 0.05) is 23.6 Å². The number of nitrogens with one attached hydrogen (secondary N) is 1. The van der Waals surface area contributed by atoms with Crippen LogP contribution in [0, 0.1) is 0 Å². The number of aliphatic hydroxyl groups excluding tert-OH is 1.